The topological polar surface area (TPSA) is 114 Å². The number of methoxy groups -OCH3 is 3. The fourth-order valence-electron chi connectivity index (χ4n) is 5.48. The van der Waals surface area contributed by atoms with E-state index in [1.165, 1.54) is 31.3 Å². The largest absolute Gasteiger partial charge is 0.497 e. The van der Waals surface area contributed by atoms with Crippen molar-refractivity contribution in [2.24, 2.45) is 0 Å². The maximum Gasteiger partial charge on any atom is 0.264 e. The summed E-state index contributed by atoms with van der Waals surface area (Å²) in [5.41, 5.74) is 0.940. The van der Waals surface area contributed by atoms with Gasteiger partial charge in [0, 0.05) is 12.6 Å². The Kier molecular flexibility index (Phi) is 11.1. The van der Waals surface area contributed by atoms with Crippen LogP contribution in [0.2, 0.25) is 0 Å². The molecule has 0 saturated heterocycles. The van der Waals surface area contributed by atoms with Gasteiger partial charge in [-0.25, -0.2) is 8.42 Å². The summed E-state index contributed by atoms with van der Waals surface area (Å²) in [5.74, 6) is 0.591. The second-order valence-electron chi connectivity index (χ2n) is 10.6. The lowest BCUT2D eigenvalue weighted by molar-refractivity contribution is -0.140. The summed E-state index contributed by atoms with van der Waals surface area (Å²) in [6, 6.07) is 19.1. The van der Waals surface area contributed by atoms with Crippen LogP contribution in [0.3, 0.4) is 0 Å². The van der Waals surface area contributed by atoms with Gasteiger partial charge in [0.25, 0.3) is 10.0 Å². The van der Waals surface area contributed by atoms with Crippen molar-refractivity contribution in [1.82, 2.24) is 10.2 Å². The minimum Gasteiger partial charge on any atom is -0.497 e. The van der Waals surface area contributed by atoms with Gasteiger partial charge in [-0.2, -0.15) is 0 Å². The van der Waals surface area contributed by atoms with Crippen LogP contribution in [0, 0.1) is 0 Å². The van der Waals surface area contributed by atoms with Crippen molar-refractivity contribution in [2.75, 3.05) is 32.2 Å². The van der Waals surface area contributed by atoms with Gasteiger partial charge in [0.05, 0.1) is 31.9 Å². The first-order valence-electron chi connectivity index (χ1n) is 14.7. The summed E-state index contributed by atoms with van der Waals surface area (Å²) >= 11 is 0. The Balaban J connectivity index is 1.75. The summed E-state index contributed by atoms with van der Waals surface area (Å²) in [6.45, 7) is 1.36. The number of amides is 2. The third-order valence-electron chi connectivity index (χ3n) is 7.85. The predicted octanol–water partition coefficient (Wildman–Crippen LogP) is 4.77. The molecule has 1 atom stereocenters. The SMILES string of the molecule is CCC(C(=O)NC1CCCC1)N(Cc1cccc(OC)c1)C(=O)CN(c1ccccc1OC)S(=O)(=O)c1ccc(OC)cc1. The fourth-order valence-corrected chi connectivity index (χ4v) is 6.90. The van der Waals surface area contributed by atoms with Crippen LogP contribution in [0.15, 0.2) is 77.7 Å². The van der Waals surface area contributed by atoms with Crippen LogP contribution in [-0.2, 0) is 26.2 Å². The Morgan fingerprint density at radius 3 is 2.20 bits per heavy atom. The maximum atomic E-state index is 14.4. The van der Waals surface area contributed by atoms with E-state index in [1.54, 1.807) is 55.6 Å². The molecule has 236 valence electrons. The Morgan fingerprint density at radius 1 is 0.886 bits per heavy atom. The second-order valence-corrected chi connectivity index (χ2v) is 12.5. The van der Waals surface area contributed by atoms with Crippen LogP contribution < -0.4 is 23.8 Å². The molecule has 1 N–H and O–H groups in total. The zero-order valence-corrected chi connectivity index (χ0v) is 26.5. The molecule has 3 aromatic carbocycles. The number of rotatable bonds is 14. The number of benzene rings is 3. The van der Waals surface area contributed by atoms with Crippen molar-refractivity contribution < 1.29 is 32.2 Å². The van der Waals surface area contributed by atoms with Crippen LogP contribution >= 0.6 is 0 Å². The van der Waals surface area contributed by atoms with E-state index in [-0.39, 0.29) is 34.8 Å². The molecule has 1 aliphatic carbocycles. The van der Waals surface area contributed by atoms with Crippen LogP contribution in [0.25, 0.3) is 0 Å². The number of carbonyl (C=O) groups excluding carboxylic acids is 2. The summed E-state index contributed by atoms with van der Waals surface area (Å²) in [7, 11) is 0.223. The molecule has 0 heterocycles. The van der Waals surface area contributed by atoms with E-state index in [4.69, 9.17) is 14.2 Å². The molecule has 1 unspecified atom stereocenters. The number of nitrogens with one attached hydrogen (secondary N) is 1. The van der Waals surface area contributed by atoms with E-state index in [1.807, 2.05) is 19.1 Å². The molecule has 0 spiro atoms. The number of anilines is 1. The number of hydrogen-bond acceptors (Lipinski definition) is 7. The minimum atomic E-state index is -4.27. The Morgan fingerprint density at radius 2 is 1.57 bits per heavy atom. The molecule has 3 aromatic rings. The normalized spacial score (nSPS) is 14.0. The molecule has 1 aliphatic rings. The van der Waals surface area contributed by atoms with E-state index in [2.05, 4.69) is 5.32 Å². The molecule has 1 saturated carbocycles. The first-order valence-corrected chi connectivity index (χ1v) is 16.2. The van der Waals surface area contributed by atoms with Gasteiger partial charge in [-0.05, 0) is 73.4 Å². The maximum absolute atomic E-state index is 14.4. The summed E-state index contributed by atoms with van der Waals surface area (Å²) < 4.78 is 45.5. The predicted molar refractivity (Wildman–Crippen MR) is 169 cm³/mol. The molecule has 1 fully saturated rings. The molecule has 0 radical (unpaired) electrons. The quantitative estimate of drug-likeness (QED) is 0.275. The highest BCUT2D eigenvalue weighted by Gasteiger charge is 2.35. The number of carbonyl (C=O) groups is 2. The van der Waals surface area contributed by atoms with Gasteiger partial charge in [0.15, 0.2) is 0 Å². The third-order valence-corrected chi connectivity index (χ3v) is 9.63. The van der Waals surface area contributed by atoms with E-state index in [0.717, 1.165) is 35.6 Å². The molecule has 4 rings (SSSR count). The van der Waals surface area contributed by atoms with Gasteiger partial charge in [-0.1, -0.05) is 44.0 Å². The first kappa shape index (κ1) is 32.7. The summed E-state index contributed by atoms with van der Waals surface area (Å²) in [6.07, 6.45) is 4.23. The first-order chi connectivity index (χ1) is 21.2. The van der Waals surface area contributed by atoms with Crippen LogP contribution in [0.1, 0.15) is 44.6 Å². The van der Waals surface area contributed by atoms with Crippen molar-refractivity contribution in [3.05, 3.63) is 78.4 Å². The average Bonchev–Trinajstić information content (AvgIpc) is 3.56. The third kappa shape index (κ3) is 7.63. The number of hydrogen-bond donors (Lipinski definition) is 1. The van der Waals surface area contributed by atoms with Crippen LogP contribution in [0.4, 0.5) is 5.69 Å². The molecule has 0 aliphatic heterocycles. The molecular formula is C33H41N3O7S. The van der Waals surface area contributed by atoms with Gasteiger partial charge < -0.3 is 24.4 Å². The van der Waals surface area contributed by atoms with Crippen molar-refractivity contribution >= 4 is 27.5 Å². The molecule has 10 nitrogen and oxygen atoms in total. The number of para-hydroxylation sites is 2. The van der Waals surface area contributed by atoms with Crippen LogP contribution in [0.5, 0.6) is 17.2 Å². The second kappa shape index (κ2) is 15.0. The lowest BCUT2D eigenvalue weighted by Crippen LogP contribution is -2.53. The van der Waals surface area contributed by atoms with Gasteiger partial charge in [0.1, 0.15) is 29.8 Å². The molecule has 44 heavy (non-hydrogen) atoms. The number of nitrogens with zero attached hydrogens (tertiary/aromatic N) is 2. The lowest BCUT2D eigenvalue weighted by atomic mass is 10.1. The number of ether oxygens (including phenoxy) is 3. The zero-order valence-electron chi connectivity index (χ0n) is 25.7. The standard InChI is InChI=1S/C33H41N3O7S/c1-5-29(33(38)34-25-12-6-7-13-25)35(22-24-11-10-14-27(21-24)42-3)32(37)23-36(30-15-8-9-16-31(30)43-4)44(39,40)28-19-17-26(41-2)18-20-28/h8-11,14-21,25,29H,5-7,12-13,22-23H2,1-4H3,(H,34,38). The highest BCUT2D eigenvalue weighted by molar-refractivity contribution is 7.92. The van der Waals surface area contributed by atoms with Gasteiger partial charge in [-0.3, -0.25) is 13.9 Å². The zero-order chi connectivity index (χ0) is 31.7. The minimum absolute atomic E-state index is 0.0256. The molecule has 2 amide bonds. The monoisotopic (exact) mass is 623 g/mol. The van der Waals surface area contributed by atoms with Crippen molar-refractivity contribution in [3.63, 3.8) is 0 Å². The molecule has 0 aromatic heterocycles. The van der Waals surface area contributed by atoms with E-state index in [0.29, 0.717) is 17.9 Å². The molecular weight excluding hydrogens is 582 g/mol. The molecule has 0 bridgehead atoms. The van der Waals surface area contributed by atoms with E-state index < -0.39 is 28.5 Å². The Labute approximate surface area is 260 Å². The van der Waals surface area contributed by atoms with Gasteiger partial charge in [-0.15, -0.1) is 0 Å². The smallest absolute Gasteiger partial charge is 0.264 e. The van der Waals surface area contributed by atoms with E-state index in [9.17, 15) is 18.0 Å². The average molecular weight is 624 g/mol. The van der Waals surface area contributed by atoms with Crippen molar-refractivity contribution in [1.29, 1.82) is 0 Å². The summed E-state index contributed by atoms with van der Waals surface area (Å²) in [5, 5.41) is 3.12. The highest BCUT2D eigenvalue weighted by Crippen LogP contribution is 2.33. The van der Waals surface area contributed by atoms with Crippen molar-refractivity contribution in [2.45, 2.75) is 62.6 Å². The van der Waals surface area contributed by atoms with E-state index >= 15 is 0 Å². The Hall–Kier alpha value is -4.25. The van der Waals surface area contributed by atoms with Crippen molar-refractivity contribution in [3.8, 4) is 17.2 Å². The highest BCUT2D eigenvalue weighted by atomic mass is 32.2. The fraction of sp³-hybridized carbons (Fsp3) is 0.394. The lowest BCUT2D eigenvalue weighted by Gasteiger charge is -2.34. The van der Waals surface area contributed by atoms with Gasteiger partial charge >= 0.3 is 0 Å². The Bertz CT molecular complexity index is 1520. The molecule has 11 heteroatoms. The number of sulfonamides is 1. The summed E-state index contributed by atoms with van der Waals surface area (Å²) in [4.78, 5) is 29.4. The van der Waals surface area contributed by atoms with Gasteiger partial charge in [0.2, 0.25) is 11.8 Å². The van der Waals surface area contributed by atoms with Crippen LogP contribution in [-0.4, -0.2) is 65.1 Å².